The van der Waals surface area contributed by atoms with E-state index < -0.39 is 47.1 Å². The fourth-order valence-corrected chi connectivity index (χ4v) is 6.49. The molecule has 3 saturated heterocycles. The molecule has 1 unspecified atom stereocenters. The first-order chi connectivity index (χ1) is 19.0. The molecule has 1 N–H and O–H groups in total. The van der Waals surface area contributed by atoms with Crippen molar-refractivity contribution in [2.75, 3.05) is 30.4 Å². The van der Waals surface area contributed by atoms with Crippen molar-refractivity contribution in [3.05, 3.63) is 64.2 Å². The van der Waals surface area contributed by atoms with Gasteiger partial charge in [-0.05, 0) is 66.8 Å². The number of imide groups is 4. The summed E-state index contributed by atoms with van der Waals surface area (Å²) in [4.78, 5) is 83.2. The Morgan fingerprint density at radius 1 is 0.975 bits per heavy atom. The van der Waals surface area contributed by atoms with Gasteiger partial charge in [0.25, 0.3) is 11.8 Å². The molecule has 12 heteroatoms. The summed E-state index contributed by atoms with van der Waals surface area (Å²) in [6.07, 6.45) is 2.84. The predicted molar refractivity (Wildman–Crippen MR) is 144 cm³/mol. The van der Waals surface area contributed by atoms with Gasteiger partial charge in [-0.15, -0.1) is 0 Å². The van der Waals surface area contributed by atoms with Crippen molar-refractivity contribution in [3.63, 3.8) is 0 Å². The van der Waals surface area contributed by atoms with Crippen LogP contribution in [0.5, 0.6) is 0 Å². The molecule has 11 nitrogen and oxygen atoms in total. The molecule has 0 aromatic heterocycles. The van der Waals surface area contributed by atoms with E-state index in [0.717, 1.165) is 26.8 Å². The monoisotopic (exact) mass is 561 g/mol. The number of halogens is 1. The molecule has 204 valence electrons. The number of amides is 8. The number of urea groups is 2. The molecule has 4 heterocycles. The van der Waals surface area contributed by atoms with Gasteiger partial charge in [-0.25, -0.2) is 14.5 Å². The molecular formula is C28H24ClN5O6. The highest BCUT2D eigenvalue weighted by Crippen LogP contribution is 2.49. The predicted octanol–water partition coefficient (Wildman–Crippen LogP) is 2.57. The van der Waals surface area contributed by atoms with E-state index in [-0.39, 0.29) is 17.7 Å². The number of carbonyl (C=O) groups excluding carboxylic acids is 6. The molecule has 4 aliphatic rings. The van der Waals surface area contributed by atoms with E-state index in [4.69, 9.17) is 11.6 Å². The van der Waals surface area contributed by atoms with Crippen LogP contribution in [-0.4, -0.2) is 72.2 Å². The van der Waals surface area contributed by atoms with Gasteiger partial charge in [-0.2, -0.15) is 0 Å². The Balaban J connectivity index is 1.41. The first kappa shape index (κ1) is 25.8. The highest BCUT2D eigenvalue weighted by Gasteiger charge is 2.63. The Kier molecular flexibility index (Phi) is 5.81. The number of benzene rings is 2. The van der Waals surface area contributed by atoms with E-state index in [1.807, 2.05) is 11.0 Å². The minimum absolute atomic E-state index is 0.0629. The summed E-state index contributed by atoms with van der Waals surface area (Å²) < 4.78 is 0. The number of hydrogen-bond acceptors (Lipinski definition) is 7. The van der Waals surface area contributed by atoms with Crippen LogP contribution in [0.2, 0.25) is 5.02 Å². The number of nitrogens with one attached hydrogen (secondary N) is 1. The summed E-state index contributed by atoms with van der Waals surface area (Å²) in [5, 5.41) is 2.50. The summed E-state index contributed by atoms with van der Waals surface area (Å²) in [7, 11) is 2.76. The highest BCUT2D eigenvalue weighted by atomic mass is 35.5. The number of fused-ring (bicyclic) bond motifs is 4. The van der Waals surface area contributed by atoms with Crippen molar-refractivity contribution in [1.29, 1.82) is 0 Å². The minimum atomic E-state index is -1.47. The molecule has 3 fully saturated rings. The number of barbiturate groups is 2. The van der Waals surface area contributed by atoms with Crippen LogP contribution in [0.3, 0.4) is 0 Å². The molecule has 2 aromatic carbocycles. The van der Waals surface area contributed by atoms with Gasteiger partial charge in [0.1, 0.15) is 5.57 Å². The Morgan fingerprint density at radius 3 is 2.40 bits per heavy atom. The zero-order chi connectivity index (χ0) is 28.5. The molecule has 1 atom stereocenters. The molecule has 0 aliphatic carbocycles. The number of carbonyl (C=O) groups is 6. The molecule has 6 rings (SSSR count). The average molecular weight is 562 g/mol. The van der Waals surface area contributed by atoms with Crippen LogP contribution in [0.4, 0.5) is 21.0 Å². The third-order valence-electron chi connectivity index (χ3n) is 8.13. The standard InChI is InChI=1S/C28H24ClN5O6/c1-31-24(37)28(25(38)32(2)27(31)40)14-16-11-15(8-9-20(16)33-10-4-7-21(28)33)12-19-22(35)30-26(39)34(23(19)36)18-6-3-5-17(29)13-18/h3,5-6,8-9,11-13,21H,4,7,10,14H2,1-2H3,(H,30,35,39). The zero-order valence-electron chi connectivity index (χ0n) is 21.6. The van der Waals surface area contributed by atoms with E-state index in [2.05, 4.69) is 5.32 Å². The largest absolute Gasteiger partial charge is 0.367 e. The molecule has 2 aromatic rings. The van der Waals surface area contributed by atoms with Crippen molar-refractivity contribution in [3.8, 4) is 0 Å². The van der Waals surface area contributed by atoms with Crippen LogP contribution in [0.25, 0.3) is 6.08 Å². The number of anilines is 2. The smallest absolute Gasteiger partial charge is 0.335 e. The lowest BCUT2D eigenvalue weighted by atomic mass is 9.68. The van der Waals surface area contributed by atoms with E-state index in [1.54, 1.807) is 24.3 Å². The van der Waals surface area contributed by atoms with Gasteiger partial charge in [0.2, 0.25) is 11.8 Å². The fourth-order valence-electron chi connectivity index (χ4n) is 6.30. The number of rotatable bonds is 2. The van der Waals surface area contributed by atoms with Crippen LogP contribution >= 0.6 is 11.6 Å². The van der Waals surface area contributed by atoms with Gasteiger partial charge in [0, 0.05) is 31.4 Å². The quantitative estimate of drug-likeness (QED) is 0.339. The van der Waals surface area contributed by atoms with Crippen LogP contribution < -0.4 is 15.1 Å². The van der Waals surface area contributed by atoms with Gasteiger partial charge < -0.3 is 4.90 Å². The highest BCUT2D eigenvalue weighted by molar-refractivity contribution is 6.39. The molecule has 8 amide bonds. The van der Waals surface area contributed by atoms with Gasteiger partial charge in [0.05, 0.1) is 11.7 Å². The Labute approximate surface area is 233 Å². The van der Waals surface area contributed by atoms with Gasteiger partial charge in [0.15, 0.2) is 5.41 Å². The van der Waals surface area contributed by atoms with Gasteiger partial charge >= 0.3 is 12.1 Å². The van der Waals surface area contributed by atoms with Crippen LogP contribution in [0.1, 0.15) is 24.0 Å². The Morgan fingerprint density at radius 2 is 1.70 bits per heavy atom. The molecule has 0 radical (unpaired) electrons. The van der Waals surface area contributed by atoms with E-state index >= 15 is 0 Å². The van der Waals surface area contributed by atoms with Crippen molar-refractivity contribution >= 4 is 64.7 Å². The lowest BCUT2D eigenvalue weighted by Gasteiger charge is -2.50. The number of hydrogen-bond donors (Lipinski definition) is 1. The zero-order valence-corrected chi connectivity index (χ0v) is 22.4. The Bertz CT molecular complexity index is 1560. The second kappa shape index (κ2) is 9.02. The van der Waals surface area contributed by atoms with Crippen LogP contribution in [0.15, 0.2) is 48.0 Å². The maximum absolute atomic E-state index is 13.6. The SMILES string of the molecule is CN1C(=O)N(C)C(=O)C2(Cc3cc(C=C4C(=O)NC(=O)N(c5cccc(Cl)c5)C4=O)ccc3N3CCCC32)C1=O. The van der Waals surface area contributed by atoms with Gasteiger partial charge in [-0.3, -0.25) is 34.3 Å². The van der Waals surface area contributed by atoms with Gasteiger partial charge in [-0.1, -0.05) is 23.7 Å². The lowest BCUT2D eigenvalue weighted by Crippen LogP contribution is -2.70. The molecule has 1 spiro atoms. The summed E-state index contributed by atoms with van der Waals surface area (Å²) in [6, 6.07) is 9.50. The van der Waals surface area contributed by atoms with Crippen molar-refractivity contribution < 1.29 is 28.8 Å². The Hall–Kier alpha value is -4.51. The molecule has 0 saturated carbocycles. The van der Waals surface area contributed by atoms with E-state index in [9.17, 15) is 28.8 Å². The minimum Gasteiger partial charge on any atom is -0.367 e. The van der Waals surface area contributed by atoms with Crippen molar-refractivity contribution in [2.24, 2.45) is 5.41 Å². The molecule has 40 heavy (non-hydrogen) atoms. The lowest BCUT2D eigenvalue weighted by molar-refractivity contribution is -0.159. The second-order valence-corrected chi connectivity index (χ2v) is 10.8. The van der Waals surface area contributed by atoms with E-state index in [1.165, 1.54) is 32.3 Å². The average Bonchev–Trinajstić information content (AvgIpc) is 3.43. The third-order valence-corrected chi connectivity index (χ3v) is 8.36. The normalized spacial score (nSPS) is 23.3. The van der Waals surface area contributed by atoms with Crippen molar-refractivity contribution in [2.45, 2.75) is 25.3 Å². The second-order valence-electron chi connectivity index (χ2n) is 10.3. The number of nitrogens with zero attached hydrogens (tertiary/aromatic N) is 4. The molecule has 0 bridgehead atoms. The summed E-state index contributed by atoms with van der Waals surface area (Å²) >= 11 is 6.04. The first-order valence-electron chi connectivity index (χ1n) is 12.7. The fraction of sp³-hybridized carbons (Fsp3) is 0.286. The van der Waals surface area contributed by atoms with Crippen LogP contribution in [0, 0.1) is 5.41 Å². The van der Waals surface area contributed by atoms with E-state index in [0.29, 0.717) is 29.1 Å². The maximum atomic E-state index is 13.6. The first-order valence-corrected chi connectivity index (χ1v) is 13.1. The maximum Gasteiger partial charge on any atom is 0.335 e. The summed E-state index contributed by atoms with van der Waals surface area (Å²) in [6.45, 7) is 0.638. The van der Waals surface area contributed by atoms with Crippen LogP contribution in [-0.2, 0) is 25.6 Å². The summed E-state index contributed by atoms with van der Waals surface area (Å²) in [5.74, 6) is -2.74. The molecule has 4 aliphatic heterocycles. The summed E-state index contributed by atoms with van der Waals surface area (Å²) in [5.41, 5.74) is 0.474. The molecular weight excluding hydrogens is 538 g/mol. The van der Waals surface area contributed by atoms with Crippen molar-refractivity contribution in [1.82, 2.24) is 15.1 Å². The third kappa shape index (κ3) is 3.57. The topological polar surface area (TPSA) is 127 Å².